The zero-order chi connectivity index (χ0) is 12.1. The minimum Gasteiger partial charge on any atom is -0.480 e. The number of carbonyl (C=O) groups is 1. The molecule has 0 spiro atoms. The van der Waals surface area contributed by atoms with Gasteiger partial charge in [-0.05, 0) is 26.7 Å². The molecular weight excluding hydrogens is 216 g/mol. The monoisotopic (exact) mass is 233 g/mol. The smallest absolute Gasteiger partial charge is 0.321 e. The molecule has 1 N–H and O–H groups in total. The van der Waals surface area contributed by atoms with Crippen LogP contribution in [0.4, 0.5) is 8.78 Å². The van der Waals surface area contributed by atoms with E-state index in [-0.39, 0.29) is 18.5 Å². The van der Waals surface area contributed by atoms with E-state index in [4.69, 9.17) is 5.11 Å². The summed E-state index contributed by atoms with van der Waals surface area (Å²) in [6.45, 7) is 3.74. The Bertz CT molecular complexity index is 304. The lowest BCUT2D eigenvalue weighted by Crippen LogP contribution is -2.66. The van der Waals surface area contributed by atoms with Crippen LogP contribution in [0.25, 0.3) is 0 Å². The van der Waals surface area contributed by atoms with Gasteiger partial charge in [0.25, 0.3) is 5.92 Å². The number of hydrogen-bond acceptors (Lipinski definition) is 2. The molecule has 3 fully saturated rings. The largest absolute Gasteiger partial charge is 0.480 e. The molecule has 3 unspecified atom stereocenters. The van der Waals surface area contributed by atoms with E-state index in [1.165, 1.54) is 0 Å². The Kier molecular flexibility index (Phi) is 2.69. The van der Waals surface area contributed by atoms with Gasteiger partial charge in [0.1, 0.15) is 6.04 Å². The van der Waals surface area contributed by atoms with Crippen molar-refractivity contribution in [2.24, 2.45) is 5.92 Å². The number of piperidine rings is 2. The molecule has 1 aliphatic carbocycles. The summed E-state index contributed by atoms with van der Waals surface area (Å²) in [4.78, 5) is 12.9. The predicted molar refractivity (Wildman–Crippen MR) is 54.5 cm³/mol. The van der Waals surface area contributed by atoms with E-state index in [1.807, 2.05) is 13.8 Å². The summed E-state index contributed by atoms with van der Waals surface area (Å²) in [6.07, 6.45) is 0.847. The van der Waals surface area contributed by atoms with E-state index in [1.54, 1.807) is 4.90 Å². The van der Waals surface area contributed by atoms with Crippen molar-refractivity contribution in [3.05, 3.63) is 0 Å². The number of hydrogen-bond donors (Lipinski definition) is 1. The van der Waals surface area contributed by atoms with Crippen LogP contribution >= 0.6 is 0 Å². The number of rotatable bonds is 2. The van der Waals surface area contributed by atoms with Crippen LogP contribution in [-0.4, -0.2) is 40.0 Å². The van der Waals surface area contributed by atoms with E-state index < -0.39 is 23.9 Å². The van der Waals surface area contributed by atoms with Crippen molar-refractivity contribution in [1.29, 1.82) is 0 Å². The molecule has 3 rings (SSSR count). The van der Waals surface area contributed by atoms with E-state index in [9.17, 15) is 13.6 Å². The summed E-state index contributed by atoms with van der Waals surface area (Å²) in [5.41, 5.74) is 0. The first kappa shape index (κ1) is 11.8. The van der Waals surface area contributed by atoms with Crippen LogP contribution in [-0.2, 0) is 4.79 Å². The third-order valence-electron chi connectivity index (χ3n) is 3.83. The summed E-state index contributed by atoms with van der Waals surface area (Å²) in [6, 6.07) is -1.28. The Labute approximate surface area is 93.4 Å². The Morgan fingerprint density at radius 2 is 2.06 bits per heavy atom. The Hall–Kier alpha value is -0.710. The standard InChI is InChI=1S/C11H17F2NO2/c1-6(2)14-7-3-4-8(9(14)10(15)16)11(12,13)5-7/h6-9H,3-5H2,1-2H3,(H,15,16). The summed E-state index contributed by atoms with van der Waals surface area (Å²) in [7, 11) is 0. The van der Waals surface area contributed by atoms with Gasteiger partial charge in [0, 0.05) is 24.4 Å². The SMILES string of the molecule is CC(C)N1C2CCC(C1C(=O)O)C(F)(F)C2. The van der Waals surface area contributed by atoms with Crippen LogP contribution in [0.5, 0.6) is 0 Å². The molecule has 1 saturated carbocycles. The minimum absolute atomic E-state index is 0.00463. The molecule has 5 heteroatoms. The maximum Gasteiger partial charge on any atom is 0.321 e. The average molecular weight is 233 g/mol. The van der Waals surface area contributed by atoms with Crippen LogP contribution in [0, 0.1) is 5.92 Å². The molecule has 2 saturated heterocycles. The lowest BCUT2D eigenvalue weighted by atomic mass is 9.71. The number of nitrogens with zero attached hydrogens (tertiary/aromatic N) is 1. The fourth-order valence-corrected chi connectivity index (χ4v) is 3.27. The van der Waals surface area contributed by atoms with Crippen LogP contribution in [0.2, 0.25) is 0 Å². The summed E-state index contributed by atoms with van der Waals surface area (Å²) in [5.74, 6) is -4.93. The number of aliphatic carboxylic acids is 1. The fraction of sp³-hybridized carbons (Fsp3) is 0.909. The molecule has 2 heterocycles. The fourth-order valence-electron chi connectivity index (χ4n) is 3.27. The van der Waals surface area contributed by atoms with E-state index >= 15 is 0 Å². The highest BCUT2D eigenvalue weighted by Gasteiger charge is 2.59. The Morgan fingerprint density at radius 3 is 2.50 bits per heavy atom. The van der Waals surface area contributed by atoms with E-state index in [0.717, 1.165) is 0 Å². The van der Waals surface area contributed by atoms with Gasteiger partial charge < -0.3 is 5.11 Å². The molecule has 3 atom stereocenters. The van der Waals surface area contributed by atoms with Crippen molar-refractivity contribution in [2.75, 3.05) is 0 Å². The van der Waals surface area contributed by atoms with Crippen LogP contribution in [0.1, 0.15) is 33.1 Å². The predicted octanol–water partition coefficient (Wildman–Crippen LogP) is 1.97. The van der Waals surface area contributed by atoms with Gasteiger partial charge in [-0.25, -0.2) is 8.78 Å². The molecule has 2 aliphatic heterocycles. The second-order valence-corrected chi connectivity index (χ2v) is 5.13. The van der Waals surface area contributed by atoms with Gasteiger partial charge in [-0.15, -0.1) is 0 Å². The lowest BCUT2D eigenvalue weighted by Gasteiger charge is -2.54. The van der Waals surface area contributed by atoms with Crippen LogP contribution < -0.4 is 0 Å². The van der Waals surface area contributed by atoms with Gasteiger partial charge in [0.05, 0.1) is 0 Å². The first-order valence-electron chi connectivity index (χ1n) is 5.72. The zero-order valence-electron chi connectivity index (χ0n) is 9.49. The molecule has 92 valence electrons. The summed E-state index contributed by atoms with van der Waals surface area (Å²) >= 11 is 0. The molecule has 2 bridgehead atoms. The number of fused-ring (bicyclic) bond motifs is 3. The third kappa shape index (κ3) is 1.61. The second kappa shape index (κ2) is 3.65. The lowest BCUT2D eigenvalue weighted by molar-refractivity contribution is -0.202. The van der Waals surface area contributed by atoms with Crippen molar-refractivity contribution in [3.63, 3.8) is 0 Å². The summed E-state index contributed by atoms with van der Waals surface area (Å²) < 4.78 is 27.3. The van der Waals surface area contributed by atoms with E-state index in [2.05, 4.69) is 0 Å². The molecular formula is C11H17F2NO2. The van der Waals surface area contributed by atoms with Gasteiger partial charge in [0.15, 0.2) is 0 Å². The minimum atomic E-state index is -2.81. The summed E-state index contributed by atoms with van der Waals surface area (Å²) in [5, 5.41) is 9.14. The van der Waals surface area contributed by atoms with Crippen molar-refractivity contribution in [1.82, 2.24) is 4.90 Å². The topological polar surface area (TPSA) is 40.5 Å². The maximum absolute atomic E-state index is 13.7. The normalized spacial score (nSPS) is 37.9. The number of carboxylic acids is 1. The number of alkyl halides is 2. The average Bonchev–Trinajstić information content (AvgIpc) is 2.14. The van der Waals surface area contributed by atoms with Crippen molar-refractivity contribution < 1.29 is 18.7 Å². The third-order valence-corrected chi connectivity index (χ3v) is 3.83. The molecule has 0 aromatic rings. The van der Waals surface area contributed by atoms with Gasteiger partial charge in [-0.2, -0.15) is 0 Å². The van der Waals surface area contributed by atoms with Gasteiger partial charge in [-0.1, -0.05) is 0 Å². The quantitative estimate of drug-likeness (QED) is 0.792. The molecule has 3 aliphatic rings. The van der Waals surface area contributed by atoms with Gasteiger partial charge in [-0.3, -0.25) is 9.69 Å². The van der Waals surface area contributed by atoms with Crippen LogP contribution in [0.15, 0.2) is 0 Å². The first-order chi connectivity index (χ1) is 7.34. The first-order valence-corrected chi connectivity index (χ1v) is 5.72. The number of halogens is 2. The van der Waals surface area contributed by atoms with Crippen molar-refractivity contribution in [2.45, 2.75) is 57.2 Å². The van der Waals surface area contributed by atoms with Crippen molar-refractivity contribution in [3.8, 4) is 0 Å². The Balaban J connectivity index is 2.34. The highest BCUT2D eigenvalue weighted by Crippen LogP contribution is 2.49. The molecule has 0 amide bonds. The maximum atomic E-state index is 13.7. The Morgan fingerprint density at radius 1 is 1.44 bits per heavy atom. The molecule has 16 heavy (non-hydrogen) atoms. The second-order valence-electron chi connectivity index (χ2n) is 5.13. The molecule has 0 aromatic heterocycles. The molecule has 3 nitrogen and oxygen atoms in total. The zero-order valence-corrected chi connectivity index (χ0v) is 9.49. The highest BCUT2D eigenvalue weighted by atomic mass is 19.3. The highest BCUT2D eigenvalue weighted by molar-refractivity contribution is 5.74. The van der Waals surface area contributed by atoms with Gasteiger partial charge >= 0.3 is 5.97 Å². The molecule has 0 aromatic carbocycles. The van der Waals surface area contributed by atoms with Crippen LogP contribution in [0.3, 0.4) is 0 Å². The van der Waals surface area contributed by atoms with Crippen molar-refractivity contribution >= 4 is 5.97 Å². The van der Waals surface area contributed by atoms with Gasteiger partial charge in [0.2, 0.25) is 0 Å². The molecule has 0 radical (unpaired) electrons. The number of carboxylic acid groups (broad SMARTS) is 1. The van der Waals surface area contributed by atoms with E-state index in [0.29, 0.717) is 12.8 Å².